The van der Waals surface area contributed by atoms with E-state index in [-0.39, 0.29) is 17.9 Å². The first-order valence-corrected chi connectivity index (χ1v) is 7.18. The van der Waals surface area contributed by atoms with E-state index in [1.54, 1.807) is 6.07 Å². The minimum absolute atomic E-state index is 0.00708. The van der Waals surface area contributed by atoms with Gasteiger partial charge in [0.25, 0.3) is 0 Å². The number of hydrogen-bond donors (Lipinski definition) is 1. The number of benzene rings is 1. The third kappa shape index (κ3) is 2.36. The minimum Gasteiger partial charge on any atom is -0.303 e. The smallest absolute Gasteiger partial charge is 0.127 e. The summed E-state index contributed by atoms with van der Waals surface area (Å²) in [6.45, 7) is 2.02. The summed E-state index contributed by atoms with van der Waals surface area (Å²) in [6.07, 6.45) is 5.25. The molecule has 3 nitrogen and oxygen atoms in total. The average molecular weight is 273 g/mol. The molecule has 1 heterocycles. The lowest BCUT2D eigenvalue weighted by molar-refractivity contribution is 0.403. The molecule has 3 rings (SSSR count). The maximum absolute atomic E-state index is 13.8. The standard InChI is InChI=1S/C16H20FN3/c1-11(12-6-3-4-7-14(12)17)19-15-8-5-9-16-13(15)10-18-20(16)2/h3-4,6-7,10-11,15,19H,5,8-9H2,1-2H3. The molecule has 4 heteroatoms. The van der Waals surface area contributed by atoms with Crippen LogP contribution in [0.4, 0.5) is 4.39 Å². The van der Waals surface area contributed by atoms with Crippen LogP contribution in [0.15, 0.2) is 30.5 Å². The van der Waals surface area contributed by atoms with Gasteiger partial charge >= 0.3 is 0 Å². The molecule has 1 N–H and O–H groups in total. The van der Waals surface area contributed by atoms with Crippen molar-refractivity contribution in [1.29, 1.82) is 0 Å². The Labute approximate surface area is 118 Å². The molecule has 0 aliphatic heterocycles. The molecule has 1 aromatic carbocycles. The van der Waals surface area contributed by atoms with E-state index in [2.05, 4.69) is 10.4 Å². The van der Waals surface area contributed by atoms with Gasteiger partial charge in [-0.15, -0.1) is 0 Å². The van der Waals surface area contributed by atoms with Crippen LogP contribution < -0.4 is 5.32 Å². The van der Waals surface area contributed by atoms with Crippen LogP contribution >= 0.6 is 0 Å². The summed E-state index contributed by atoms with van der Waals surface area (Å²) in [7, 11) is 1.99. The Balaban J connectivity index is 1.81. The molecule has 106 valence electrons. The van der Waals surface area contributed by atoms with E-state index in [0.717, 1.165) is 24.8 Å². The number of nitrogens with zero attached hydrogens (tertiary/aromatic N) is 2. The minimum atomic E-state index is -0.144. The third-order valence-corrected chi connectivity index (χ3v) is 4.20. The van der Waals surface area contributed by atoms with Gasteiger partial charge in [0.1, 0.15) is 5.82 Å². The fourth-order valence-corrected chi connectivity index (χ4v) is 3.10. The predicted molar refractivity (Wildman–Crippen MR) is 76.8 cm³/mol. The molecule has 0 bridgehead atoms. The molecule has 0 saturated heterocycles. The molecule has 0 fully saturated rings. The second-order valence-corrected chi connectivity index (χ2v) is 5.52. The Hall–Kier alpha value is -1.68. The second-order valence-electron chi connectivity index (χ2n) is 5.52. The van der Waals surface area contributed by atoms with Crippen LogP contribution in [0.3, 0.4) is 0 Å². The van der Waals surface area contributed by atoms with Gasteiger partial charge in [0.05, 0.1) is 6.20 Å². The highest BCUT2D eigenvalue weighted by molar-refractivity contribution is 5.26. The van der Waals surface area contributed by atoms with Gasteiger partial charge in [0.2, 0.25) is 0 Å². The molecule has 2 unspecified atom stereocenters. The molecule has 0 amide bonds. The maximum atomic E-state index is 13.8. The first-order valence-electron chi connectivity index (χ1n) is 7.18. The topological polar surface area (TPSA) is 29.9 Å². The Morgan fingerprint density at radius 2 is 2.20 bits per heavy atom. The quantitative estimate of drug-likeness (QED) is 0.930. The van der Waals surface area contributed by atoms with E-state index in [1.807, 2.05) is 37.0 Å². The molecule has 20 heavy (non-hydrogen) atoms. The zero-order chi connectivity index (χ0) is 14.1. The van der Waals surface area contributed by atoms with Gasteiger partial charge in [-0.2, -0.15) is 5.10 Å². The third-order valence-electron chi connectivity index (χ3n) is 4.20. The van der Waals surface area contributed by atoms with E-state index in [4.69, 9.17) is 0 Å². The summed E-state index contributed by atoms with van der Waals surface area (Å²) < 4.78 is 15.8. The number of nitrogens with one attached hydrogen (secondary N) is 1. The first kappa shape index (κ1) is 13.3. The Kier molecular flexibility index (Phi) is 3.57. The lowest BCUT2D eigenvalue weighted by Gasteiger charge is -2.27. The van der Waals surface area contributed by atoms with Gasteiger partial charge in [-0.1, -0.05) is 18.2 Å². The van der Waals surface area contributed by atoms with Crippen molar-refractivity contribution in [2.75, 3.05) is 0 Å². The highest BCUT2D eigenvalue weighted by Gasteiger charge is 2.25. The van der Waals surface area contributed by atoms with Gasteiger partial charge in [0, 0.05) is 36.0 Å². The second kappa shape index (κ2) is 5.37. The largest absolute Gasteiger partial charge is 0.303 e. The van der Waals surface area contributed by atoms with Crippen molar-refractivity contribution in [2.24, 2.45) is 7.05 Å². The first-order chi connectivity index (χ1) is 9.66. The summed E-state index contributed by atoms with van der Waals surface area (Å²) in [5, 5.41) is 7.90. The van der Waals surface area contributed by atoms with Gasteiger partial charge in [-0.3, -0.25) is 4.68 Å². The van der Waals surface area contributed by atoms with Crippen LogP contribution in [0.5, 0.6) is 0 Å². The number of rotatable bonds is 3. The number of halogens is 1. The van der Waals surface area contributed by atoms with E-state index in [0.29, 0.717) is 0 Å². The zero-order valence-electron chi connectivity index (χ0n) is 11.9. The van der Waals surface area contributed by atoms with Crippen molar-refractivity contribution < 1.29 is 4.39 Å². The van der Waals surface area contributed by atoms with Crippen molar-refractivity contribution in [3.63, 3.8) is 0 Å². The molecule has 0 radical (unpaired) electrons. The molecule has 2 aromatic rings. The van der Waals surface area contributed by atoms with E-state index < -0.39 is 0 Å². The summed E-state index contributed by atoms with van der Waals surface area (Å²) in [5.74, 6) is -0.144. The predicted octanol–water partition coefficient (Wildman–Crippen LogP) is 3.29. The van der Waals surface area contributed by atoms with E-state index >= 15 is 0 Å². The average Bonchev–Trinajstić information content (AvgIpc) is 2.82. The number of aromatic nitrogens is 2. The van der Waals surface area contributed by atoms with Crippen LogP contribution in [0.25, 0.3) is 0 Å². The van der Waals surface area contributed by atoms with Crippen LogP contribution in [0, 0.1) is 5.82 Å². The van der Waals surface area contributed by atoms with Crippen molar-refractivity contribution in [3.8, 4) is 0 Å². The SMILES string of the molecule is CC(NC1CCCc2c1cnn2C)c1ccccc1F. The highest BCUT2D eigenvalue weighted by atomic mass is 19.1. The van der Waals surface area contributed by atoms with Crippen molar-refractivity contribution >= 4 is 0 Å². The Morgan fingerprint density at radius 3 is 3.00 bits per heavy atom. The fourth-order valence-electron chi connectivity index (χ4n) is 3.10. The summed E-state index contributed by atoms with van der Waals surface area (Å²) >= 11 is 0. The summed E-state index contributed by atoms with van der Waals surface area (Å²) in [5.41, 5.74) is 3.29. The molecule has 1 aliphatic rings. The number of fused-ring (bicyclic) bond motifs is 1. The fraction of sp³-hybridized carbons (Fsp3) is 0.438. The molecular formula is C16H20FN3. The molecular weight excluding hydrogens is 253 g/mol. The zero-order valence-corrected chi connectivity index (χ0v) is 11.9. The van der Waals surface area contributed by atoms with Crippen LogP contribution in [-0.2, 0) is 13.5 Å². The molecule has 1 aliphatic carbocycles. The summed E-state index contributed by atoms with van der Waals surface area (Å²) in [4.78, 5) is 0. The normalized spacial score (nSPS) is 19.6. The monoisotopic (exact) mass is 273 g/mol. The van der Waals surface area contributed by atoms with Crippen molar-refractivity contribution in [3.05, 3.63) is 53.1 Å². The van der Waals surface area contributed by atoms with Crippen molar-refractivity contribution in [1.82, 2.24) is 15.1 Å². The Morgan fingerprint density at radius 1 is 1.40 bits per heavy atom. The number of hydrogen-bond acceptors (Lipinski definition) is 2. The van der Waals surface area contributed by atoms with Crippen LogP contribution in [0.1, 0.15) is 48.7 Å². The van der Waals surface area contributed by atoms with Gasteiger partial charge in [0.15, 0.2) is 0 Å². The van der Waals surface area contributed by atoms with Crippen LogP contribution in [0.2, 0.25) is 0 Å². The van der Waals surface area contributed by atoms with Crippen LogP contribution in [-0.4, -0.2) is 9.78 Å². The van der Waals surface area contributed by atoms with E-state index in [1.165, 1.54) is 17.3 Å². The highest BCUT2D eigenvalue weighted by Crippen LogP contribution is 2.31. The van der Waals surface area contributed by atoms with Gasteiger partial charge in [-0.05, 0) is 32.3 Å². The maximum Gasteiger partial charge on any atom is 0.127 e. The number of aryl methyl sites for hydroxylation is 1. The lowest BCUT2D eigenvalue weighted by Crippen LogP contribution is -2.28. The lowest BCUT2D eigenvalue weighted by atomic mass is 9.92. The Bertz CT molecular complexity index is 606. The van der Waals surface area contributed by atoms with Crippen molar-refractivity contribution in [2.45, 2.75) is 38.3 Å². The van der Waals surface area contributed by atoms with E-state index in [9.17, 15) is 4.39 Å². The molecule has 2 atom stereocenters. The van der Waals surface area contributed by atoms with Gasteiger partial charge in [-0.25, -0.2) is 4.39 Å². The summed E-state index contributed by atoms with van der Waals surface area (Å²) in [6, 6.07) is 7.23. The molecule has 0 saturated carbocycles. The van der Waals surface area contributed by atoms with Gasteiger partial charge < -0.3 is 5.32 Å². The molecule has 0 spiro atoms. The molecule has 1 aromatic heterocycles.